The maximum atomic E-state index is 8.76. The summed E-state index contributed by atoms with van der Waals surface area (Å²) in [7, 11) is 0. The van der Waals surface area contributed by atoms with E-state index >= 15 is 0 Å². The average molecular weight is 175 g/mol. The fraction of sp³-hybridized carbons (Fsp3) is 0.429. The van der Waals surface area contributed by atoms with Gasteiger partial charge in [-0.2, -0.15) is 0 Å². The molecule has 11 heavy (non-hydrogen) atoms. The van der Waals surface area contributed by atoms with E-state index in [-0.39, 0.29) is 6.61 Å². The molecule has 0 unspecified atom stereocenters. The zero-order valence-electron chi connectivity index (χ0n) is 6.10. The summed E-state index contributed by atoms with van der Waals surface area (Å²) in [6.07, 6.45) is 0.764. The Labute approximate surface area is 70.2 Å². The molecule has 1 aromatic heterocycles. The highest BCUT2D eigenvalue weighted by molar-refractivity contribution is 6.30. The van der Waals surface area contributed by atoms with Gasteiger partial charge in [-0.05, 0) is 19.0 Å². The highest BCUT2D eigenvalue weighted by atomic mass is 35.5. The number of aromatic nitrogens is 1. The number of H-pyrrole nitrogens is 1. The summed E-state index contributed by atoms with van der Waals surface area (Å²) >= 11 is 5.72. The van der Waals surface area contributed by atoms with Crippen molar-refractivity contribution in [3.05, 3.63) is 22.5 Å². The van der Waals surface area contributed by atoms with E-state index in [2.05, 4.69) is 4.98 Å². The van der Waals surface area contributed by atoms with Crippen LogP contribution < -0.4 is 5.73 Å². The van der Waals surface area contributed by atoms with Crippen LogP contribution in [0.1, 0.15) is 11.3 Å². The Hall–Kier alpha value is -0.510. The van der Waals surface area contributed by atoms with E-state index in [1.165, 1.54) is 0 Å². The normalized spacial score (nSPS) is 10.5. The number of aromatic amines is 1. The molecule has 0 saturated heterocycles. The van der Waals surface area contributed by atoms with Gasteiger partial charge in [0.1, 0.15) is 5.15 Å². The van der Waals surface area contributed by atoms with Crippen LogP contribution in [0.4, 0.5) is 0 Å². The number of nitrogens with one attached hydrogen (secondary N) is 1. The fourth-order valence-electron chi connectivity index (χ4n) is 0.936. The topological polar surface area (TPSA) is 62.0 Å². The Morgan fingerprint density at radius 1 is 1.64 bits per heavy atom. The van der Waals surface area contributed by atoms with Crippen LogP contribution in [0.5, 0.6) is 0 Å². The lowest BCUT2D eigenvalue weighted by molar-refractivity contribution is 0.282. The Morgan fingerprint density at radius 2 is 2.36 bits per heavy atom. The molecule has 0 atom stereocenters. The van der Waals surface area contributed by atoms with Crippen molar-refractivity contribution < 1.29 is 5.11 Å². The number of halogens is 1. The molecule has 1 heterocycles. The summed E-state index contributed by atoms with van der Waals surface area (Å²) in [6, 6.07) is 1.83. The van der Waals surface area contributed by atoms with Crippen LogP contribution in [0.15, 0.2) is 6.07 Å². The Morgan fingerprint density at radius 3 is 2.82 bits per heavy atom. The lowest BCUT2D eigenvalue weighted by Crippen LogP contribution is -2.02. The van der Waals surface area contributed by atoms with E-state index in [1.807, 2.05) is 6.07 Å². The highest BCUT2D eigenvalue weighted by Crippen LogP contribution is 2.16. The molecule has 0 aliphatic heterocycles. The SMILES string of the molecule is NCCc1cc(CO)c(Cl)[nH]1. The standard InChI is InChI=1S/C7H11ClN2O/c8-7-5(4-11)3-6(10-7)1-2-9/h3,10-11H,1-2,4,9H2. The van der Waals surface area contributed by atoms with Gasteiger partial charge in [-0.3, -0.25) is 0 Å². The Balaban J connectivity index is 2.77. The molecule has 62 valence electrons. The van der Waals surface area contributed by atoms with Gasteiger partial charge in [0.2, 0.25) is 0 Å². The number of rotatable bonds is 3. The number of aliphatic hydroxyl groups is 1. The number of hydrogen-bond acceptors (Lipinski definition) is 2. The van der Waals surface area contributed by atoms with Crippen LogP contribution in [-0.2, 0) is 13.0 Å². The fourth-order valence-corrected chi connectivity index (χ4v) is 1.17. The van der Waals surface area contributed by atoms with E-state index in [9.17, 15) is 0 Å². The summed E-state index contributed by atoms with van der Waals surface area (Å²) in [5.41, 5.74) is 7.04. The van der Waals surface area contributed by atoms with Crippen molar-refractivity contribution in [2.45, 2.75) is 13.0 Å². The van der Waals surface area contributed by atoms with E-state index < -0.39 is 0 Å². The minimum Gasteiger partial charge on any atom is -0.392 e. The smallest absolute Gasteiger partial charge is 0.112 e. The van der Waals surface area contributed by atoms with Gasteiger partial charge in [0.15, 0.2) is 0 Å². The van der Waals surface area contributed by atoms with Crippen LogP contribution >= 0.6 is 11.6 Å². The van der Waals surface area contributed by atoms with Gasteiger partial charge in [-0.25, -0.2) is 0 Å². The summed E-state index contributed by atoms with van der Waals surface area (Å²) in [5.74, 6) is 0. The second-order valence-electron chi connectivity index (χ2n) is 2.33. The third kappa shape index (κ3) is 1.96. The lowest BCUT2D eigenvalue weighted by atomic mass is 10.3. The van der Waals surface area contributed by atoms with E-state index in [0.29, 0.717) is 11.7 Å². The maximum absolute atomic E-state index is 8.76. The molecular formula is C7H11ClN2O. The van der Waals surface area contributed by atoms with Crippen LogP contribution in [0.3, 0.4) is 0 Å². The van der Waals surface area contributed by atoms with Gasteiger partial charge < -0.3 is 15.8 Å². The largest absolute Gasteiger partial charge is 0.392 e. The predicted molar refractivity (Wildman–Crippen MR) is 44.5 cm³/mol. The van der Waals surface area contributed by atoms with Gasteiger partial charge in [0.25, 0.3) is 0 Å². The second-order valence-corrected chi connectivity index (χ2v) is 2.71. The average Bonchev–Trinajstić information content (AvgIpc) is 2.32. The minimum absolute atomic E-state index is 0.0279. The van der Waals surface area contributed by atoms with Crippen LogP contribution in [-0.4, -0.2) is 16.6 Å². The number of aliphatic hydroxyl groups excluding tert-OH is 1. The van der Waals surface area contributed by atoms with Gasteiger partial charge in [0.05, 0.1) is 6.61 Å². The molecule has 3 nitrogen and oxygen atoms in total. The predicted octanol–water partition coefficient (Wildman–Crippen LogP) is 0.662. The second kappa shape index (κ2) is 3.76. The van der Waals surface area contributed by atoms with E-state index in [0.717, 1.165) is 17.7 Å². The van der Waals surface area contributed by atoms with Crippen molar-refractivity contribution in [3.8, 4) is 0 Å². The first-order valence-corrected chi connectivity index (χ1v) is 3.83. The number of hydrogen-bond donors (Lipinski definition) is 3. The van der Waals surface area contributed by atoms with E-state index in [4.69, 9.17) is 22.4 Å². The van der Waals surface area contributed by atoms with Gasteiger partial charge >= 0.3 is 0 Å². The van der Waals surface area contributed by atoms with Crippen molar-refractivity contribution in [2.24, 2.45) is 5.73 Å². The first kappa shape index (κ1) is 8.59. The third-order valence-corrected chi connectivity index (χ3v) is 1.82. The molecule has 0 amide bonds. The quantitative estimate of drug-likeness (QED) is 0.631. The summed E-state index contributed by atoms with van der Waals surface area (Å²) in [4.78, 5) is 2.92. The highest BCUT2D eigenvalue weighted by Gasteiger charge is 2.03. The molecule has 4 N–H and O–H groups in total. The molecule has 0 aliphatic carbocycles. The summed E-state index contributed by atoms with van der Waals surface area (Å²) in [6.45, 7) is 0.557. The number of nitrogens with two attached hydrogens (primary N) is 1. The van der Waals surface area contributed by atoms with Crippen molar-refractivity contribution in [3.63, 3.8) is 0 Å². The van der Waals surface area contributed by atoms with Crippen molar-refractivity contribution in [2.75, 3.05) is 6.54 Å². The molecule has 0 spiro atoms. The first-order chi connectivity index (χ1) is 5.27. The molecule has 0 saturated carbocycles. The molecule has 4 heteroatoms. The van der Waals surface area contributed by atoms with Crippen molar-refractivity contribution >= 4 is 11.6 Å². The maximum Gasteiger partial charge on any atom is 0.112 e. The molecule has 0 fully saturated rings. The van der Waals surface area contributed by atoms with Crippen molar-refractivity contribution in [1.82, 2.24) is 4.98 Å². The molecule has 1 rings (SSSR count). The molecular weight excluding hydrogens is 164 g/mol. The molecule has 1 aromatic rings. The molecule has 0 aliphatic rings. The Kier molecular flexibility index (Phi) is 2.93. The monoisotopic (exact) mass is 174 g/mol. The van der Waals surface area contributed by atoms with Gasteiger partial charge in [-0.1, -0.05) is 11.6 Å². The molecule has 0 radical (unpaired) electrons. The van der Waals surface area contributed by atoms with Gasteiger partial charge in [-0.15, -0.1) is 0 Å². The zero-order chi connectivity index (χ0) is 8.27. The van der Waals surface area contributed by atoms with Gasteiger partial charge in [0, 0.05) is 11.3 Å². The van der Waals surface area contributed by atoms with E-state index in [1.54, 1.807) is 0 Å². The zero-order valence-corrected chi connectivity index (χ0v) is 6.86. The molecule has 0 aromatic carbocycles. The first-order valence-electron chi connectivity index (χ1n) is 3.45. The Bertz CT molecular complexity index is 234. The van der Waals surface area contributed by atoms with Crippen molar-refractivity contribution in [1.29, 1.82) is 0 Å². The van der Waals surface area contributed by atoms with Crippen LogP contribution in [0, 0.1) is 0 Å². The summed E-state index contributed by atoms with van der Waals surface area (Å²) < 4.78 is 0. The molecule has 0 bridgehead atoms. The van der Waals surface area contributed by atoms with Crippen LogP contribution in [0.2, 0.25) is 5.15 Å². The minimum atomic E-state index is -0.0279. The lowest BCUT2D eigenvalue weighted by Gasteiger charge is -1.89. The van der Waals surface area contributed by atoms with Crippen LogP contribution in [0.25, 0.3) is 0 Å². The summed E-state index contributed by atoms with van der Waals surface area (Å²) in [5, 5.41) is 9.27. The third-order valence-electron chi connectivity index (χ3n) is 1.48.